The van der Waals surface area contributed by atoms with Crippen LogP contribution in [0.15, 0.2) is 24.5 Å². The second-order valence-electron chi connectivity index (χ2n) is 3.51. The van der Waals surface area contributed by atoms with Gasteiger partial charge >= 0.3 is 12.1 Å². The smallest absolute Gasteiger partial charge is 0.417 e. The summed E-state index contributed by atoms with van der Waals surface area (Å²) in [5.41, 5.74) is -0.623. The maximum atomic E-state index is 12.6. The van der Waals surface area contributed by atoms with Gasteiger partial charge in [0.25, 0.3) is 0 Å². The molecule has 4 nitrogen and oxygen atoms in total. The zero-order chi connectivity index (χ0) is 13.3. The molecule has 0 fully saturated rings. The fourth-order valence-corrected chi connectivity index (χ4v) is 1.50. The van der Waals surface area contributed by atoms with Crippen molar-refractivity contribution in [2.75, 3.05) is 6.61 Å². The van der Waals surface area contributed by atoms with Gasteiger partial charge < -0.3 is 4.74 Å². The number of hydrogen-bond donors (Lipinski definition) is 0. The van der Waals surface area contributed by atoms with Crippen LogP contribution in [0.1, 0.15) is 23.0 Å². The van der Waals surface area contributed by atoms with Gasteiger partial charge in [-0.15, -0.1) is 0 Å². The first-order valence-electron chi connectivity index (χ1n) is 5.15. The molecule has 2 aromatic heterocycles. The van der Waals surface area contributed by atoms with Crippen LogP contribution >= 0.6 is 0 Å². The molecule has 0 amide bonds. The van der Waals surface area contributed by atoms with E-state index in [0.717, 1.165) is 16.7 Å². The summed E-state index contributed by atoms with van der Waals surface area (Å²) in [6, 6.07) is 2.11. The molecule has 0 aliphatic carbocycles. The molecular weight excluding hydrogens is 249 g/mol. The van der Waals surface area contributed by atoms with Crippen LogP contribution in [0, 0.1) is 0 Å². The van der Waals surface area contributed by atoms with Gasteiger partial charge in [-0.1, -0.05) is 0 Å². The molecule has 2 rings (SSSR count). The molecule has 96 valence electrons. The van der Waals surface area contributed by atoms with Crippen LogP contribution in [0.25, 0.3) is 5.65 Å². The lowest BCUT2D eigenvalue weighted by molar-refractivity contribution is -0.137. The van der Waals surface area contributed by atoms with E-state index in [0.29, 0.717) is 0 Å². The molecule has 0 radical (unpaired) electrons. The standard InChI is InChI=1S/C11H9F3N2O2/c1-2-18-10(17)8-5-15-9-4-3-7(6-16(8)9)11(12,13)14/h3-6H,2H2,1H3. The van der Waals surface area contributed by atoms with E-state index in [1.807, 2.05) is 0 Å². The number of fused-ring (bicyclic) bond motifs is 1. The number of ether oxygens (including phenoxy) is 1. The van der Waals surface area contributed by atoms with Crippen LogP contribution in [0.3, 0.4) is 0 Å². The molecule has 0 saturated heterocycles. The van der Waals surface area contributed by atoms with E-state index in [4.69, 9.17) is 4.74 Å². The molecule has 0 spiro atoms. The number of carbonyl (C=O) groups excluding carboxylic acids is 1. The Bertz CT molecular complexity index is 589. The number of nitrogens with zero attached hydrogens (tertiary/aromatic N) is 2. The lowest BCUT2D eigenvalue weighted by Gasteiger charge is -2.07. The number of carbonyl (C=O) groups is 1. The Morgan fingerprint density at radius 3 is 2.78 bits per heavy atom. The number of pyridine rings is 1. The molecule has 0 unspecified atom stereocenters. The predicted molar refractivity (Wildman–Crippen MR) is 56.2 cm³/mol. The van der Waals surface area contributed by atoms with Gasteiger partial charge in [0.1, 0.15) is 5.65 Å². The fourth-order valence-electron chi connectivity index (χ4n) is 1.50. The molecule has 0 aliphatic rings. The van der Waals surface area contributed by atoms with E-state index in [9.17, 15) is 18.0 Å². The van der Waals surface area contributed by atoms with Crippen LogP contribution in [0.2, 0.25) is 0 Å². The summed E-state index contributed by atoms with van der Waals surface area (Å²) in [7, 11) is 0. The number of rotatable bonds is 2. The van der Waals surface area contributed by atoms with Crippen molar-refractivity contribution in [2.45, 2.75) is 13.1 Å². The van der Waals surface area contributed by atoms with Crippen LogP contribution in [-0.2, 0) is 10.9 Å². The highest BCUT2D eigenvalue weighted by molar-refractivity contribution is 5.88. The number of imidazole rings is 1. The first-order valence-corrected chi connectivity index (χ1v) is 5.15. The van der Waals surface area contributed by atoms with Crippen molar-refractivity contribution in [1.29, 1.82) is 0 Å². The largest absolute Gasteiger partial charge is 0.461 e. The molecule has 0 aliphatic heterocycles. The summed E-state index contributed by atoms with van der Waals surface area (Å²) in [6.07, 6.45) is -2.45. The minimum atomic E-state index is -4.47. The van der Waals surface area contributed by atoms with Gasteiger partial charge in [0.2, 0.25) is 0 Å². The summed E-state index contributed by atoms with van der Waals surface area (Å²) < 4.78 is 43.5. The quantitative estimate of drug-likeness (QED) is 0.777. The van der Waals surface area contributed by atoms with Gasteiger partial charge in [0, 0.05) is 6.20 Å². The topological polar surface area (TPSA) is 43.6 Å². The Morgan fingerprint density at radius 1 is 1.44 bits per heavy atom. The van der Waals surface area contributed by atoms with Crippen molar-refractivity contribution in [1.82, 2.24) is 9.38 Å². The Balaban J connectivity index is 2.53. The van der Waals surface area contributed by atoms with E-state index >= 15 is 0 Å². The van der Waals surface area contributed by atoms with Gasteiger partial charge in [0.15, 0.2) is 5.69 Å². The Kier molecular flexibility index (Phi) is 2.98. The highest BCUT2D eigenvalue weighted by Crippen LogP contribution is 2.29. The second-order valence-corrected chi connectivity index (χ2v) is 3.51. The summed E-state index contributed by atoms with van der Waals surface area (Å²) in [5, 5.41) is 0. The first-order chi connectivity index (χ1) is 8.43. The monoisotopic (exact) mass is 258 g/mol. The number of alkyl halides is 3. The Hall–Kier alpha value is -2.05. The zero-order valence-electron chi connectivity index (χ0n) is 9.36. The first kappa shape index (κ1) is 12.4. The van der Waals surface area contributed by atoms with Gasteiger partial charge in [-0.25, -0.2) is 9.78 Å². The fraction of sp³-hybridized carbons (Fsp3) is 0.273. The van der Waals surface area contributed by atoms with Gasteiger partial charge in [-0.05, 0) is 19.1 Å². The average Bonchev–Trinajstić information content (AvgIpc) is 2.70. The lowest BCUT2D eigenvalue weighted by Crippen LogP contribution is -2.10. The summed E-state index contributed by atoms with van der Waals surface area (Å²) in [5.74, 6) is -0.704. The van der Waals surface area contributed by atoms with Crippen molar-refractivity contribution in [2.24, 2.45) is 0 Å². The van der Waals surface area contributed by atoms with Crippen molar-refractivity contribution in [3.05, 3.63) is 35.8 Å². The molecule has 7 heteroatoms. The van der Waals surface area contributed by atoms with Gasteiger partial charge in [-0.3, -0.25) is 4.40 Å². The van der Waals surface area contributed by atoms with Crippen molar-refractivity contribution in [3.63, 3.8) is 0 Å². The maximum absolute atomic E-state index is 12.6. The second kappa shape index (κ2) is 4.32. The number of hydrogen-bond acceptors (Lipinski definition) is 3. The van der Waals surface area contributed by atoms with Crippen molar-refractivity contribution >= 4 is 11.6 Å². The average molecular weight is 258 g/mol. The highest BCUT2D eigenvalue weighted by atomic mass is 19.4. The third-order valence-electron chi connectivity index (χ3n) is 2.32. The maximum Gasteiger partial charge on any atom is 0.417 e. The molecule has 0 N–H and O–H groups in total. The van der Waals surface area contributed by atoms with E-state index < -0.39 is 17.7 Å². The molecule has 2 aromatic rings. The number of esters is 1. The van der Waals surface area contributed by atoms with E-state index in [-0.39, 0.29) is 17.9 Å². The minimum absolute atomic E-state index is 0.0297. The van der Waals surface area contributed by atoms with E-state index in [1.165, 1.54) is 12.3 Å². The molecule has 18 heavy (non-hydrogen) atoms. The van der Waals surface area contributed by atoms with E-state index in [2.05, 4.69) is 4.98 Å². The molecule has 2 heterocycles. The summed E-state index contributed by atoms with van der Waals surface area (Å²) in [4.78, 5) is 15.4. The van der Waals surface area contributed by atoms with Gasteiger partial charge in [0.05, 0.1) is 18.4 Å². The molecule has 0 aromatic carbocycles. The van der Waals surface area contributed by atoms with Crippen LogP contribution < -0.4 is 0 Å². The third-order valence-corrected chi connectivity index (χ3v) is 2.32. The van der Waals surface area contributed by atoms with Gasteiger partial charge in [-0.2, -0.15) is 13.2 Å². The molecule has 0 saturated carbocycles. The highest BCUT2D eigenvalue weighted by Gasteiger charge is 2.31. The zero-order valence-corrected chi connectivity index (χ0v) is 9.36. The van der Waals surface area contributed by atoms with Crippen LogP contribution in [-0.4, -0.2) is 22.0 Å². The number of aromatic nitrogens is 2. The van der Waals surface area contributed by atoms with E-state index in [1.54, 1.807) is 6.92 Å². The molecule has 0 atom stereocenters. The Morgan fingerprint density at radius 2 is 2.17 bits per heavy atom. The normalized spacial score (nSPS) is 11.8. The Labute approximate surface area is 100 Å². The third kappa shape index (κ3) is 2.15. The summed E-state index contributed by atoms with van der Waals surface area (Å²) in [6.45, 7) is 1.76. The van der Waals surface area contributed by atoms with Crippen molar-refractivity contribution < 1.29 is 22.7 Å². The predicted octanol–water partition coefficient (Wildman–Crippen LogP) is 2.53. The SMILES string of the molecule is CCOC(=O)c1cnc2ccc(C(F)(F)F)cn12. The lowest BCUT2D eigenvalue weighted by atomic mass is 10.3. The number of halogens is 3. The molecular formula is C11H9F3N2O2. The van der Waals surface area contributed by atoms with Crippen LogP contribution in [0.4, 0.5) is 13.2 Å². The minimum Gasteiger partial charge on any atom is -0.461 e. The summed E-state index contributed by atoms with van der Waals surface area (Å²) >= 11 is 0. The molecule has 0 bridgehead atoms. The van der Waals surface area contributed by atoms with Crippen LogP contribution in [0.5, 0.6) is 0 Å². The van der Waals surface area contributed by atoms with Crippen molar-refractivity contribution in [3.8, 4) is 0 Å².